The maximum absolute atomic E-state index is 9.28. The Morgan fingerprint density at radius 1 is 0.786 bits per heavy atom. The number of nitrogens with zero attached hydrogens (tertiary/aromatic N) is 1. The zero-order chi connectivity index (χ0) is 19.8. The van der Waals surface area contributed by atoms with E-state index in [4.69, 9.17) is 0 Å². The van der Waals surface area contributed by atoms with E-state index >= 15 is 0 Å². The van der Waals surface area contributed by atoms with Gasteiger partial charge in [0.1, 0.15) is 0 Å². The average molecular weight is 391 g/mol. The number of benzene rings is 3. The summed E-state index contributed by atoms with van der Waals surface area (Å²) in [5.74, 6) is 0. The van der Waals surface area contributed by atoms with Crippen LogP contribution in [-0.4, -0.2) is 22.4 Å². The molecular formula is C25H30NOP. The van der Waals surface area contributed by atoms with Crippen LogP contribution in [0.3, 0.4) is 0 Å². The second-order valence-corrected chi connectivity index (χ2v) is 9.64. The van der Waals surface area contributed by atoms with E-state index in [2.05, 4.69) is 105 Å². The Labute approximate surface area is 170 Å². The highest BCUT2D eigenvalue weighted by Gasteiger charge is 2.33. The van der Waals surface area contributed by atoms with Gasteiger partial charge in [0.15, 0.2) is 0 Å². The number of hydroxylamine groups is 2. The Bertz CT molecular complexity index is 731. The summed E-state index contributed by atoms with van der Waals surface area (Å²) in [6.07, 6.45) is 3.32. The summed E-state index contributed by atoms with van der Waals surface area (Å²) in [7, 11) is -0.446. The van der Waals surface area contributed by atoms with Crippen molar-refractivity contribution < 1.29 is 5.21 Å². The van der Waals surface area contributed by atoms with Crippen LogP contribution in [0.4, 0.5) is 0 Å². The van der Waals surface area contributed by atoms with Gasteiger partial charge in [-0.15, -0.1) is 0 Å². The predicted molar refractivity (Wildman–Crippen MR) is 122 cm³/mol. The van der Waals surface area contributed by atoms with Crippen LogP contribution in [0.2, 0.25) is 0 Å². The van der Waals surface area contributed by atoms with Crippen molar-refractivity contribution in [1.29, 1.82) is 0 Å². The van der Waals surface area contributed by atoms with E-state index < -0.39 is 7.92 Å². The quantitative estimate of drug-likeness (QED) is 0.627. The molecule has 146 valence electrons. The molecule has 1 atom stereocenters. The summed E-state index contributed by atoms with van der Waals surface area (Å²) in [4.78, 5) is 0. The zero-order valence-corrected chi connectivity index (χ0v) is 17.7. The number of rotatable bonds is 4. The van der Waals surface area contributed by atoms with Crippen molar-refractivity contribution in [2.75, 3.05) is 6.54 Å². The topological polar surface area (TPSA) is 23.5 Å². The minimum absolute atomic E-state index is 0.0833. The lowest BCUT2D eigenvalue weighted by Crippen LogP contribution is -2.37. The molecule has 0 aromatic heterocycles. The highest BCUT2D eigenvalue weighted by molar-refractivity contribution is 7.79. The van der Waals surface area contributed by atoms with Crippen LogP contribution in [0.5, 0.6) is 0 Å². The van der Waals surface area contributed by atoms with E-state index in [-0.39, 0.29) is 5.54 Å². The van der Waals surface area contributed by atoms with E-state index in [9.17, 15) is 5.21 Å². The molecule has 0 saturated carbocycles. The van der Waals surface area contributed by atoms with Crippen molar-refractivity contribution in [3.8, 4) is 0 Å². The molecule has 1 saturated heterocycles. The van der Waals surface area contributed by atoms with Gasteiger partial charge in [0, 0.05) is 12.1 Å². The Morgan fingerprint density at radius 2 is 1.18 bits per heavy atom. The van der Waals surface area contributed by atoms with Crippen molar-refractivity contribution in [1.82, 2.24) is 5.06 Å². The lowest BCUT2D eigenvalue weighted by molar-refractivity contribution is -0.143. The first-order valence-corrected chi connectivity index (χ1v) is 11.4. The van der Waals surface area contributed by atoms with Crippen molar-refractivity contribution in [3.05, 3.63) is 91.0 Å². The first kappa shape index (κ1) is 20.7. The number of hydrogen-bond donors (Lipinski definition) is 1. The molecule has 1 aliphatic rings. The van der Waals surface area contributed by atoms with Crippen molar-refractivity contribution in [2.24, 2.45) is 0 Å². The van der Waals surface area contributed by atoms with Gasteiger partial charge in [-0.1, -0.05) is 97.9 Å². The van der Waals surface area contributed by atoms with E-state index in [0.29, 0.717) is 0 Å². The second-order valence-electron chi connectivity index (χ2n) is 7.42. The monoisotopic (exact) mass is 391 g/mol. The summed E-state index contributed by atoms with van der Waals surface area (Å²) >= 11 is 0. The zero-order valence-electron chi connectivity index (χ0n) is 16.8. The lowest BCUT2D eigenvalue weighted by atomic mass is 9.97. The molecule has 2 nitrogen and oxygen atoms in total. The first-order valence-electron chi connectivity index (χ1n) is 10.1. The summed E-state index contributed by atoms with van der Waals surface area (Å²) in [5.41, 5.74) is 0.0833. The molecule has 3 heteroatoms. The van der Waals surface area contributed by atoms with Gasteiger partial charge in [-0.05, 0) is 50.0 Å². The van der Waals surface area contributed by atoms with Gasteiger partial charge < -0.3 is 5.21 Å². The molecule has 0 radical (unpaired) electrons. The molecule has 0 bridgehead atoms. The molecule has 3 aromatic rings. The normalized spacial score (nSPS) is 19.3. The SMILES string of the molecule is CCC1(C)CCCN1O.c1ccc(P(c2ccccc2)c2ccccc2)cc1. The maximum Gasteiger partial charge on any atom is 0.0430 e. The fourth-order valence-corrected chi connectivity index (χ4v) is 5.85. The van der Waals surface area contributed by atoms with Crippen LogP contribution in [0, 0.1) is 0 Å². The van der Waals surface area contributed by atoms with Crippen molar-refractivity contribution in [2.45, 2.75) is 38.6 Å². The van der Waals surface area contributed by atoms with Gasteiger partial charge in [0.25, 0.3) is 0 Å². The lowest BCUT2D eigenvalue weighted by Gasteiger charge is -2.28. The fraction of sp³-hybridized carbons (Fsp3) is 0.280. The van der Waals surface area contributed by atoms with Crippen molar-refractivity contribution in [3.63, 3.8) is 0 Å². The molecule has 1 N–H and O–H groups in total. The Kier molecular flexibility index (Phi) is 7.39. The van der Waals surface area contributed by atoms with Gasteiger partial charge in [-0.25, -0.2) is 0 Å². The van der Waals surface area contributed by atoms with Crippen LogP contribution in [0.15, 0.2) is 91.0 Å². The fourth-order valence-electron chi connectivity index (χ4n) is 3.55. The highest BCUT2D eigenvalue weighted by atomic mass is 31.1. The van der Waals surface area contributed by atoms with Crippen LogP contribution in [-0.2, 0) is 0 Å². The minimum atomic E-state index is -0.446. The second kappa shape index (κ2) is 9.98. The number of hydrogen-bond acceptors (Lipinski definition) is 2. The maximum atomic E-state index is 9.28. The summed E-state index contributed by atoms with van der Waals surface area (Å²) in [6, 6.07) is 32.3. The molecular weight excluding hydrogens is 361 g/mol. The largest absolute Gasteiger partial charge is 0.313 e. The Hall–Kier alpha value is -1.99. The molecule has 1 unspecified atom stereocenters. The van der Waals surface area contributed by atoms with E-state index in [1.54, 1.807) is 0 Å². The molecule has 4 rings (SSSR count). The van der Waals surface area contributed by atoms with Crippen LogP contribution in [0.1, 0.15) is 33.1 Å². The predicted octanol–water partition coefficient (Wildman–Crippen LogP) is 5.08. The van der Waals surface area contributed by atoms with Crippen molar-refractivity contribution >= 4 is 23.8 Å². The van der Waals surface area contributed by atoms with E-state index in [1.165, 1.54) is 21.0 Å². The van der Waals surface area contributed by atoms with E-state index in [1.807, 2.05) is 0 Å². The van der Waals surface area contributed by atoms with Gasteiger partial charge >= 0.3 is 0 Å². The highest BCUT2D eigenvalue weighted by Crippen LogP contribution is 2.32. The third-order valence-corrected chi connectivity index (χ3v) is 7.96. The molecule has 1 heterocycles. The molecule has 1 aliphatic heterocycles. The summed E-state index contributed by atoms with van der Waals surface area (Å²) in [6.45, 7) is 5.08. The molecule has 0 spiro atoms. The first-order chi connectivity index (χ1) is 13.6. The van der Waals surface area contributed by atoms with E-state index in [0.717, 1.165) is 25.8 Å². The standard InChI is InChI=1S/C18H15P.C7H15NO/c1-4-10-16(11-5-1)19(17-12-6-2-7-13-17)18-14-8-3-9-15-18;1-3-7(2)5-4-6-8(7)9/h1-15H;9H,3-6H2,1-2H3. The smallest absolute Gasteiger partial charge is 0.0430 e. The minimum Gasteiger partial charge on any atom is -0.313 e. The third kappa shape index (κ3) is 5.08. The molecule has 0 amide bonds. The van der Waals surface area contributed by atoms with Crippen LogP contribution in [0.25, 0.3) is 0 Å². The van der Waals surface area contributed by atoms with Gasteiger partial charge in [-0.3, -0.25) is 0 Å². The van der Waals surface area contributed by atoms with Gasteiger partial charge in [0.05, 0.1) is 0 Å². The Balaban J connectivity index is 0.000000211. The third-order valence-electron chi connectivity index (χ3n) is 5.51. The molecule has 1 fully saturated rings. The molecule has 0 aliphatic carbocycles. The van der Waals surface area contributed by atoms with Crippen LogP contribution < -0.4 is 15.9 Å². The summed E-state index contributed by atoms with van der Waals surface area (Å²) < 4.78 is 0. The average Bonchev–Trinajstić information content (AvgIpc) is 3.10. The Morgan fingerprint density at radius 3 is 1.43 bits per heavy atom. The van der Waals surface area contributed by atoms with Gasteiger partial charge in [0.2, 0.25) is 0 Å². The summed E-state index contributed by atoms with van der Waals surface area (Å²) in [5, 5.41) is 15.0. The molecule has 28 heavy (non-hydrogen) atoms. The van der Waals surface area contributed by atoms with Gasteiger partial charge in [-0.2, -0.15) is 5.06 Å². The molecule has 3 aromatic carbocycles. The van der Waals surface area contributed by atoms with Crippen LogP contribution >= 0.6 is 7.92 Å².